The molecule has 0 radical (unpaired) electrons. The molecule has 88 valence electrons. The molecule has 5 heteroatoms. The van der Waals surface area contributed by atoms with Crippen LogP contribution < -0.4 is 4.90 Å². The van der Waals surface area contributed by atoms with Gasteiger partial charge in [0.15, 0.2) is 5.41 Å². The number of halogens is 1. The van der Waals surface area contributed by atoms with E-state index < -0.39 is 11.2 Å². The zero-order valence-corrected chi connectivity index (χ0v) is 9.31. The van der Waals surface area contributed by atoms with Crippen LogP contribution in [0.3, 0.4) is 0 Å². The molecule has 0 spiro atoms. The molecule has 0 saturated carbocycles. The Morgan fingerprint density at radius 1 is 1.59 bits per heavy atom. The number of ether oxygens (including phenoxy) is 1. The molecule has 1 amide bonds. The van der Waals surface area contributed by atoms with Crippen LogP contribution in [0, 0.1) is 22.6 Å². The van der Waals surface area contributed by atoms with Crippen LogP contribution in [0.25, 0.3) is 0 Å². The van der Waals surface area contributed by atoms with Crippen LogP contribution in [-0.2, 0) is 9.53 Å². The van der Waals surface area contributed by atoms with Gasteiger partial charge in [-0.05, 0) is 18.2 Å². The predicted molar refractivity (Wildman–Crippen MR) is 58.7 cm³/mol. The average Bonchev–Trinajstić information content (AvgIpc) is 2.27. The minimum absolute atomic E-state index is 0.0992. The standard InChI is InChI=1S/C12H11FN2O2/c1-15(10-4-2-3-9(13)5-10)11(16)12(6-14)7-17-8-12/h2-5H,7-8H2,1H3. The number of hydrogen-bond donors (Lipinski definition) is 0. The summed E-state index contributed by atoms with van der Waals surface area (Å²) in [6, 6.07) is 7.66. The molecule has 4 nitrogen and oxygen atoms in total. The van der Waals surface area contributed by atoms with Gasteiger partial charge in [0.05, 0.1) is 19.3 Å². The van der Waals surface area contributed by atoms with Gasteiger partial charge in [-0.25, -0.2) is 4.39 Å². The SMILES string of the molecule is CN(C(=O)C1(C#N)COC1)c1cccc(F)c1. The second-order valence-electron chi connectivity index (χ2n) is 4.03. The van der Waals surface area contributed by atoms with Gasteiger partial charge in [0.2, 0.25) is 0 Å². The van der Waals surface area contributed by atoms with Crippen LogP contribution in [0.2, 0.25) is 0 Å². The Balaban J connectivity index is 2.24. The number of carbonyl (C=O) groups is 1. The minimum atomic E-state index is -1.11. The maximum absolute atomic E-state index is 13.0. The molecule has 2 rings (SSSR count). The Morgan fingerprint density at radius 3 is 2.76 bits per heavy atom. The Kier molecular flexibility index (Phi) is 2.82. The summed E-state index contributed by atoms with van der Waals surface area (Å²) in [5.41, 5.74) is -0.683. The topological polar surface area (TPSA) is 53.3 Å². The van der Waals surface area contributed by atoms with Crippen molar-refractivity contribution in [3.05, 3.63) is 30.1 Å². The highest BCUT2D eigenvalue weighted by Crippen LogP contribution is 2.30. The Bertz CT molecular complexity index is 492. The number of carbonyl (C=O) groups excluding carboxylic acids is 1. The first kappa shape index (κ1) is 11.6. The van der Waals surface area contributed by atoms with Gasteiger partial charge < -0.3 is 9.64 Å². The van der Waals surface area contributed by atoms with E-state index in [0.29, 0.717) is 5.69 Å². The molecule has 0 N–H and O–H groups in total. The predicted octanol–water partition coefficient (Wildman–Crippen LogP) is 1.33. The van der Waals surface area contributed by atoms with Crippen LogP contribution in [-0.4, -0.2) is 26.2 Å². The summed E-state index contributed by atoms with van der Waals surface area (Å²) in [5.74, 6) is -0.783. The lowest BCUT2D eigenvalue weighted by molar-refractivity contribution is -0.146. The summed E-state index contributed by atoms with van der Waals surface area (Å²) in [6.45, 7) is 0.198. The molecule has 0 aromatic heterocycles. The van der Waals surface area contributed by atoms with Crippen molar-refractivity contribution in [2.45, 2.75) is 0 Å². The number of nitrogens with zero attached hydrogens (tertiary/aromatic N) is 2. The molecule has 1 aromatic carbocycles. The monoisotopic (exact) mass is 234 g/mol. The van der Waals surface area contributed by atoms with E-state index in [1.54, 1.807) is 6.07 Å². The van der Waals surface area contributed by atoms with Gasteiger partial charge in [0, 0.05) is 12.7 Å². The third kappa shape index (κ3) is 1.87. The molecule has 1 saturated heterocycles. The summed E-state index contributed by atoms with van der Waals surface area (Å²) in [4.78, 5) is 13.4. The molecule has 0 atom stereocenters. The molecule has 0 bridgehead atoms. The normalized spacial score (nSPS) is 16.8. The lowest BCUT2D eigenvalue weighted by Gasteiger charge is -2.36. The zero-order chi connectivity index (χ0) is 12.5. The van der Waals surface area contributed by atoms with Crippen molar-refractivity contribution in [3.8, 4) is 6.07 Å². The molecule has 1 aliphatic rings. The largest absolute Gasteiger partial charge is 0.377 e. The number of benzene rings is 1. The van der Waals surface area contributed by atoms with Gasteiger partial charge in [0.1, 0.15) is 5.82 Å². The van der Waals surface area contributed by atoms with Crippen LogP contribution in [0.5, 0.6) is 0 Å². The van der Waals surface area contributed by atoms with Gasteiger partial charge in [-0.3, -0.25) is 4.79 Å². The molecule has 1 fully saturated rings. The first-order valence-corrected chi connectivity index (χ1v) is 5.12. The molecule has 1 aliphatic heterocycles. The van der Waals surface area contributed by atoms with Crippen molar-refractivity contribution in [1.82, 2.24) is 0 Å². The maximum atomic E-state index is 13.0. The van der Waals surface area contributed by atoms with E-state index >= 15 is 0 Å². The first-order valence-electron chi connectivity index (χ1n) is 5.12. The summed E-state index contributed by atoms with van der Waals surface area (Å²) >= 11 is 0. The van der Waals surface area contributed by atoms with Crippen molar-refractivity contribution in [3.63, 3.8) is 0 Å². The zero-order valence-electron chi connectivity index (χ0n) is 9.31. The maximum Gasteiger partial charge on any atom is 0.252 e. The number of nitriles is 1. The number of amides is 1. The summed E-state index contributed by atoms with van der Waals surface area (Å²) < 4.78 is 18.0. The van der Waals surface area contributed by atoms with Gasteiger partial charge >= 0.3 is 0 Å². The Morgan fingerprint density at radius 2 is 2.29 bits per heavy atom. The third-order valence-corrected chi connectivity index (χ3v) is 2.82. The second-order valence-corrected chi connectivity index (χ2v) is 4.03. The van der Waals surface area contributed by atoms with E-state index in [2.05, 4.69) is 0 Å². The quantitative estimate of drug-likeness (QED) is 0.775. The molecular weight excluding hydrogens is 223 g/mol. The van der Waals surface area contributed by atoms with Crippen molar-refractivity contribution < 1.29 is 13.9 Å². The van der Waals surface area contributed by atoms with Crippen molar-refractivity contribution in [2.24, 2.45) is 5.41 Å². The number of hydrogen-bond acceptors (Lipinski definition) is 3. The smallest absolute Gasteiger partial charge is 0.252 e. The van der Waals surface area contributed by atoms with E-state index in [-0.39, 0.29) is 19.1 Å². The van der Waals surface area contributed by atoms with Gasteiger partial charge in [-0.1, -0.05) is 6.07 Å². The summed E-state index contributed by atoms with van der Waals surface area (Å²) in [7, 11) is 1.52. The average molecular weight is 234 g/mol. The van der Waals surface area contributed by atoms with E-state index in [4.69, 9.17) is 10.00 Å². The van der Waals surface area contributed by atoms with E-state index in [0.717, 1.165) is 0 Å². The fourth-order valence-corrected chi connectivity index (χ4v) is 1.67. The fraction of sp³-hybridized carbons (Fsp3) is 0.333. The van der Waals surface area contributed by atoms with Gasteiger partial charge in [-0.15, -0.1) is 0 Å². The molecule has 0 unspecified atom stereocenters. The van der Waals surface area contributed by atoms with Crippen LogP contribution in [0.4, 0.5) is 10.1 Å². The Hall–Kier alpha value is -1.93. The highest BCUT2D eigenvalue weighted by atomic mass is 19.1. The third-order valence-electron chi connectivity index (χ3n) is 2.82. The Labute approximate surface area is 98.2 Å². The highest BCUT2D eigenvalue weighted by molar-refractivity contribution is 5.99. The van der Waals surface area contributed by atoms with Crippen molar-refractivity contribution in [2.75, 3.05) is 25.2 Å². The fourth-order valence-electron chi connectivity index (χ4n) is 1.67. The molecule has 1 aromatic rings. The van der Waals surface area contributed by atoms with Crippen LogP contribution >= 0.6 is 0 Å². The first-order chi connectivity index (χ1) is 8.09. The number of rotatable bonds is 2. The second kappa shape index (κ2) is 4.15. The van der Waals surface area contributed by atoms with Gasteiger partial charge in [-0.2, -0.15) is 5.26 Å². The molecule has 0 aliphatic carbocycles. The lowest BCUT2D eigenvalue weighted by Crippen LogP contribution is -2.53. The minimum Gasteiger partial charge on any atom is -0.377 e. The number of anilines is 1. The van der Waals surface area contributed by atoms with Gasteiger partial charge in [0.25, 0.3) is 5.91 Å². The van der Waals surface area contributed by atoms with Crippen LogP contribution in [0.1, 0.15) is 0 Å². The molecule has 17 heavy (non-hydrogen) atoms. The van der Waals surface area contributed by atoms with E-state index in [1.165, 1.54) is 30.1 Å². The molecule has 1 heterocycles. The summed E-state index contributed by atoms with van der Waals surface area (Å²) in [5, 5.41) is 9.01. The van der Waals surface area contributed by atoms with E-state index in [1.807, 2.05) is 6.07 Å². The van der Waals surface area contributed by atoms with Crippen LogP contribution in [0.15, 0.2) is 24.3 Å². The van der Waals surface area contributed by atoms with Crippen molar-refractivity contribution >= 4 is 11.6 Å². The highest BCUT2D eigenvalue weighted by Gasteiger charge is 2.48. The summed E-state index contributed by atoms with van der Waals surface area (Å²) in [6.07, 6.45) is 0. The lowest BCUT2D eigenvalue weighted by atomic mass is 9.86. The van der Waals surface area contributed by atoms with E-state index in [9.17, 15) is 9.18 Å². The molecular formula is C12H11FN2O2. The van der Waals surface area contributed by atoms with Crippen molar-refractivity contribution in [1.29, 1.82) is 5.26 Å².